The zero-order chi connectivity index (χ0) is 12.3. The van der Waals surface area contributed by atoms with Crippen molar-refractivity contribution >= 4 is 5.97 Å². The summed E-state index contributed by atoms with van der Waals surface area (Å²) in [5.74, 6) is 0.560. The number of esters is 1. The number of ether oxygens (including phenoxy) is 1. The number of carbonyl (C=O) groups excluding carboxylic acids is 1. The van der Waals surface area contributed by atoms with Gasteiger partial charge >= 0.3 is 5.97 Å². The van der Waals surface area contributed by atoms with Crippen molar-refractivity contribution in [3.05, 3.63) is 35.7 Å². The molecule has 17 heavy (non-hydrogen) atoms. The van der Waals surface area contributed by atoms with Gasteiger partial charge in [-0.05, 0) is 19.1 Å². The number of nitrogens with zero attached hydrogens (tertiary/aromatic N) is 4. The molecule has 0 aliphatic carbocycles. The maximum Gasteiger partial charge on any atom is 0.337 e. The van der Waals surface area contributed by atoms with Crippen molar-refractivity contribution in [1.82, 2.24) is 20.4 Å². The Hall–Kier alpha value is -2.37. The molecule has 1 aromatic heterocycles. The van der Waals surface area contributed by atoms with Gasteiger partial charge < -0.3 is 4.74 Å². The second kappa shape index (κ2) is 4.65. The fourth-order valence-corrected chi connectivity index (χ4v) is 1.27. The predicted molar refractivity (Wildman–Crippen MR) is 59.1 cm³/mol. The quantitative estimate of drug-likeness (QED) is 0.717. The number of benzene rings is 1. The second-order valence-electron chi connectivity index (χ2n) is 3.34. The zero-order valence-corrected chi connectivity index (χ0v) is 9.41. The fourth-order valence-electron chi connectivity index (χ4n) is 1.27. The van der Waals surface area contributed by atoms with Crippen LogP contribution in [0.15, 0.2) is 24.3 Å². The summed E-state index contributed by atoms with van der Waals surface area (Å²) in [7, 11) is 1.34. The molecule has 6 heteroatoms. The third kappa shape index (κ3) is 2.41. The van der Waals surface area contributed by atoms with Gasteiger partial charge in [-0.25, -0.2) is 4.79 Å². The van der Waals surface area contributed by atoms with Gasteiger partial charge in [0.05, 0.1) is 12.7 Å². The summed E-state index contributed by atoms with van der Waals surface area (Å²) in [4.78, 5) is 11.2. The van der Waals surface area contributed by atoms with Crippen molar-refractivity contribution in [2.75, 3.05) is 7.11 Å². The predicted octanol–water partition coefficient (Wildman–Crippen LogP) is 1.03. The Balaban J connectivity index is 2.29. The highest BCUT2D eigenvalue weighted by atomic mass is 16.5. The summed E-state index contributed by atoms with van der Waals surface area (Å²) in [6.07, 6.45) is 0. The van der Waals surface area contributed by atoms with Crippen LogP contribution < -0.4 is 0 Å². The zero-order valence-electron chi connectivity index (χ0n) is 9.41. The van der Waals surface area contributed by atoms with Crippen molar-refractivity contribution < 1.29 is 9.53 Å². The first-order valence-corrected chi connectivity index (χ1v) is 4.93. The van der Waals surface area contributed by atoms with E-state index in [1.165, 1.54) is 7.11 Å². The van der Waals surface area contributed by atoms with E-state index < -0.39 is 0 Å². The first kappa shape index (κ1) is 11.1. The van der Waals surface area contributed by atoms with Gasteiger partial charge in [0.1, 0.15) is 0 Å². The number of aryl methyl sites for hydroxylation is 1. The molecule has 0 saturated heterocycles. The minimum Gasteiger partial charge on any atom is -0.465 e. The first-order chi connectivity index (χ1) is 8.20. The number of hydrogen-bond acceptors (Lipinski definition) is 6. The van der Waals surface area contributed by atoms with E-state index in [0.29, 0.717) is 17.2 Å². The van der Waals surface area contributed by atoms with Crippen LogP contribution in [0.5, 0.6) is 0 Å². The van der Waals surface area contributed by atoms with Gasteiger partial charge in [-0.2, -0.15) is 0 Å². The smallest absolute Gasteiger partial charge is 0.337 e. The summed E-state index contributed by atoms with van der Waals surface area (Å²) in [6.45, 7) is 1.71. The summed E-state index contributed by atoms with van der Waals surface area (Å²) in [5, 5.41) is 15.4. The molecule has 0 bridgehead atoms. The first-order valence-electron chi connectivity index (χ1n) is 4.93. The second-order valence-corrected chi connectivity index (χ2v) is 3.34. The normalized spacial score (nSPS) is 10.0. The van der Waals surface area contributed by atoms with E-state index in [1.54, 1.807) is 31.2 Å². The SMILES string of the molecule is COC(=O)c1ccc(-c2nnc(C)nn2)cc1. The minimum absolute atomic E-state index is 0.377. The Labute approximate surface area is 97.7 Å². The molecular weight excluding hydrogens is 220 g/mol. The van der Waals surface area contributed by atoms with Crippen molar-refractivity contribution in [1.29, 1.82) is 0 Å². The number of hydrogen-bond donors (Lipinski definition) is 0. The lowest BCUT2D eigenvalue weighted by molar-refractivity contribution is 0.0601. The maximum atomic E-state index is 11.2. The minimum atomic E-state index is -0.377. The molecule has 0 amide bonds. The Kier molecular flexibility index (Phi) is 3.04. The number of rotatable bonds is 2. The van der Waals surface area contributed by atoms with Gasteiger partial charge in [-0.1, -0.05) is 12.1 Å². The highest BCUT2D eigenvalue weighted by Crippen LogP contribution is 2.14. The highest BCUT2D eigenvalue weighted by molar-refractivity contribution is 5.89. The molecule has 1 heterocycles. The van der Waals surface area contributed by atoms with Crippen LogP contribution in [0, 0.1) is 6.92 Å². The Morgan fingerprint density at radius 3 is 2.18 bits per heavy atom. The monoisotopic (exact) mass is 230 g/mol. The number of carbonyl (C=O) groups is 1. The molecule has 0 fully saturated rings. The Morgan fingerprint density at radius 2 is 1.65 bits per heavy atom. The lowest BCUT2D eigenvalue weighted by Gasteiger charge is -2.01. The molecule has 0 atom stereocenters. The third-order valence-corrected chi connectivity index (χ3v) is 2.14. The average Bonchev–Trinajstić information content (AvgIpc) is 2.39. The van der Waals surface area contributed by atoms with E-state index in [4.69, 9.17) is 0 Å². The molecule has 0 aliphatic heterocycles. The van der Waals surface area contributed by atoms with E-state index in [2.05, 4.69) is 25.1 Å². The van der Waals surface area contributed by atoms with Crippen LogP contribution in [0.4, 0.5) is 0 Å². The van der Waals surface area contributed by atoms with E-state index in [-0.39, 0.29) is 5.97 Å². The highest BCUT2D eigenvalue weighted by Gasteiger charge is 2.07. The van der Waals surface area contributed by atoms with Crippen LogP contribution in [0.3, 0.4) is 0 Å². The van der Waals surface area contributed by atoms with Crippen LogP contribution in [-0.4, -0.2) is 33.5 Å². The topological polar surface area (TPSA) is 77.9 Å². The molecule has 2 rings (SSSR count). The fraction of sp³-hybridized carbons (Fsp3) is 0.182. The van der Waals surface area contributed by atoms with Crippen molar-refractivity contribution in [2.24, 2.45) is 0 Å². The van der Waals surface area contributed by atoms with Gasteiger partial charge in [0.15, 0.2) is 5.82 Å². The number of methoxy groups -OCH3 is 1. The van der Waals surface area contributed by atoms with Crippen LogP contribution in [-0.2, 0) is 4.74 Å². The Bertz CT molecular complexity index is 522. The summed E-state index contributed by atoms with van der Waals surface area (Å²) >= 11 is 0. The molecule has 0 spiro atoms. The molecule has 1 aromatic carbocycles. The van der Waals surface area contributed by atoms with E-state index in [9.17, 15) is 4.79 Å². The molecule has 6 nitrogen and oxygen atoms in total. The molecule has 86 valence electrons. The molecule has 0 saturated carbocycles. The molecule has 0 unspecified atom stereocenters. The lowest BCUT2D eigenvalue weighted by atomic mass is 10.1. The van der Waals surface area contributed by atoms with Crippen LogP contribution in [0.2, 0.25) is 0 Å². The van der Waals surface area contributed by atoms with Gasteiger partial charge in [0.25, 0.3) is 0 Å². The van der Waals surface area contributed by atoms with Gasteiger partial charge in [-0.3, -0.25) is 0 Å². The van der Waals surface area contributed by atoms with Crippen LogP contribution in [0.1, 0.15) is 16.2 Å². The van der Waals surface area contributed by atoms with Crippen molar-refractivity contribution in [3.8, 4) is 11.4 Å². The standard InChI is InChI=1S/C11H10N4O2/c1-7-12-14-10(15-13-7)8-3-5-9(6-4-8)11(16)17-2/h3-6H,1-2H3. The van der Waals surface area contributed by atoms with E-state index in [0.717, 1.165) is 5.56 Å². The summed E-state index contributed by atoms with van der Waals surface area (Å²) in [6, 6.07) is 6.73. The van der Waals surface area contributed by atoms with Crippen LogP contribution in [0.25, 0.3) is 11.4 Å². The molecule has 0 N–H and O–H groups in total. The molecule has 0 aliphatic rings. The van der Waals surface area contributed by atoms with Crippen LogP contribution >= 0.6 is 0 Å². The van der Waals surface area contributed by atoms with E-state index in [1.807, 2.05) is 0 Å². The van der Waals surface area contributed by atoms with Crippen molar-refractivity contribution in [3.63, 3.8) is 0 Å². The van der Waals surface area contributed by atoms with Gasteiger partial charge in [-0.15, -0.1) is 20.4 Å². The van der Waals surface area contributed by atoms with Crippen molar-refractivity contribution in [2.45, 2.75) is 6.92 Å². The maximum absolute atomic E-state index is 11.2. The Morgan fingerprint density at radius 1 is 1.06 bits per heavy atom. The molecule has 2 aromatic rings. The molecular formula is C11H10N4O2. The summed E-state index contributed by atoms with van der Waals surface area (Å²) < 4.78 is 4.60. The number of aromatic nitrogens is 4. The summed E-state index contributed by atoms with van der Waals surface area (Å²) in [5.41, 5.74) is 1.22. The molecule has 0 radical (unpaired) electrons. The lowest BCUT2D eigenvalue weighted by Crippen LogP contribution is -2.01. The van der Waals surface area contributed by atoms with Gasteiger partial charge in [0.2, 0.25) is 5.82 Å². The average molecular weight is 230 g/mol. The largest absolute Gasteiger partial charge is 0.465 e. The third-order valence-electron chi connectivity index (χ3n) is 2.14. The van der Waals surface area contributed by atoms with Gasteiger partial charge in [0, 0.05) is 5.56 Å². The van der Waals surface area contributed by atoms with E-state index >= 15 is 0 Å².